The number of ether oxygens (including phenoxy) is 2. The van der Waals surface area contributed by atoms with E-state index in [1.54, 1.807) is 48.8 Å². The molecule has 1 aliphatic heterocycles. The molecule has 1 aliphatic rings. The number of carbonyl (C=O) groups is 4. The van der Waals surface area contributed by atoms with E-state index in [0.717, 1.165) is 0 Å². The Morgan fingerprint density at radius 2 is 1.70 bits per heavy atom. The molecule has 0 radical (unpaired) electrons. The second-order valence-corrected chi connectivity index (χ2v) is 9.38. The molecule has 1 saturated heterocycles. The van der Waals surface area contributed by atoms with Crippen molar-refractivity contribution in [1.82, 2.24) is 9.80 Å². The first-order valence-electron chi connectivity index (χ1n) is 10.5. The van der Waals surface area contributed by atoms with E-state index in [1.165, 1.54) is 23.5 Å². The number of amides is 3. The second-order valence-electron chi connectivity index (χ2n) is 8.43. The Morgan fingerprint density at radius 3 is 2.33 bits per heavy atom. The number of carbonyl (C=O) groups excluding carboxylic acids is 4. The molecule has 0 aliphatic carbocycles. The summed E-state index contributed by atoms with van der Waals surface area (Å²) in [7, 11) is 0. The number of esters is 1. The van der Waals surface area contributed by atoms with Gasteiger partial charge in [-0.25, -0.2) is 9.59 Å². The summed E-state index contributed by atoms with van der Waals surface area (Å²) in [4.78, 5) is 53.1. The normalized spacial score (nSPS) is 13.9. The average Bonchev–Trinajstić information content (AvgIpc) is 3.30. The summed E-state index contributed by atoms with van der Waals surface area (Å²) in [6, 6.07) is 9.79. The first kappa shape index (κ1) is 24.2. The summed E-state index contributed by atoms with van der Waals surface area (Å²) in [5.41, 5.74) is -0.0803. The highest BCUT2D eigenvalue weighted by molar-refractivity contribution is 7.12. The Hall–Kier alpha value is -3.40. The van der Waals surface area contributed by atoms with Crippen molar-refractivity contribution in [3.05, 3.63) is 52.2 Å². The van der Waals surface area contributed by atoms with E-state index in [-0.39, 0.29) is 17.4 Å². The third kappa shape index (κ3) is 7.04. The van der Waals surface area contributed by atoms with Crippen molar-refractivity contribution in [2.24, 2.45) is 0 Å². The van der Waals surface area contributed by atoms with Crippen LogP contribution in [0.2, 0.25) is 0 Å². The standard InChI is InChI=1S/C23H27N3O6S/c1-23(2,3)32-22(30)24-17-7-4-6-16(14-17)21(29)31-15-19(27)25-9-11-26(12-10-25)20(28)18-8-5-13-33-18/h4-8,13-14H,9-12,15H2,1-3H3,(H,24,30). The summed E-state index contributed by atoms with van der Waals surface area (Å²) in [6.07, 6.45) is -0.639. The van der Waals surface area contributed by atoms with Gasteiger partial charge in [-0.2, -0.15) is 0 Å². The minimum atomic E-state index is -0.678. The number of nitrogens with zero attached hydrogens (tertiary/aromatic N) is 2. The fourth-order valence-electron chi connectivity index (χ4n) is 3.16. The van der Waals surface area contributed by atoms with Crippen LogP contribution in [0.1, 0.15) is 40.8 Å². The molecule has 33 heavy (non-hydrogen) atoms. The summed E-state index contributed by atoms with van der Waals surface area (Å²) < 4.78 is 10.4. The SMILES string of the molecule is CC(C)(C)OC(=O)Nc1cccc(C(=O)OCC(=O)N2CCN(C(=O)c3cccs3)CC2)c1. The average molecular weight is 474 g/mol. The predicted molar refractivity (Wildman–Crippen MR) is 123 cm³/mol. The number of hydrogen-bond acceptors (Lipinski definition) is 7. The van der Waals surface area contributed by atoms with E-state index < -0.39 is 24.3 Å². The van der Waals surface area contributed by atoms with Crippen LogP contribution in [0.15, 0.2) is 41.8 Å². The largest absolute Gasteiger partial charge is 0.452 e. The zero-order valence-corrected chi connectivity index (χ0v) is 19.6. The van der Waals surface area contributed by atoms with Gasteiger partial charge in [0.05, 0.1) is 10.4 Å². The molecule has 1 aromatic carbocycles. The van der Waals surface area contributed by atoms with Gasteiger partial charge in [0.25, 0.3) is 11.8 Å². The van der Waals surface area contributed by atoms with E-state index in [2.05, 4.69) is 5.32 Å². The number of thiophene rings is 1. The van der Waals surface area contributed by atoms with Crippen LogP contribution in [-0.4, -0.2) is 72.1 Å². The van der Waals surface area contributed by atoms with Crippen molar-refractivity contribution in [2.75, 3.05) is 38.1 Å². The zero-order valence-electron chi connectivity index (χ0n) is 18.8. The van der Waals surface area contributed by atoms with Crippen LogP contribution in [0.25, 0.3) is 0 Å². The lowest BCUT2D eigenvalue weighted by molar-refractivity contribution is -0.136. The van der Waals surface area contributed by atoms with Crippen LogP contribution >= 0.6 is 11.3 Å². The molecule has 3 amide bonds. The number of hydrogen-bond donors (Lipinski definition) is 1. The molecule has 0 atom stereocenters. The summed E-state index contributed by atoms with van der Waals surface area (Å²) in [6.45, 7) is 6.45. The number of nitrogens with one attached hydrogen (secondary N) is 1. The molecule has 9 nitrogen and oxygen atoms in total. The molecule has 1 aromatic heterocycles. The van der Waals surface area contributed by atoms with Gasteiger partial charge in [-0.15, -0.1) is 11.3 Å². The molecule has 0 unspecified atom stereocenters. The molecule has 176 valence electrons. The molecule has 0 bridgehead atoms. The predicted octanol–water partition coefficient (Wildman–Crippen LogP) is 3.24. The lowest BCUT2D eigenvalue weighted by Crippen LogP contribution is -2.51. The fourth-order valence-corrected chi connectivity index (χ4v) is 3.85. The van der Waals surface area contributed by atoms with E-state index >= 15 is 0 Å². The van der Waals surface area contributed by atoms with Gasteiger partial charge in [0.2, 0.25) is 0 Å². The highest BCUT2D eigenvalue weighted by atomic mass is 32.1. The van der Waals surface area contributed by atoms with Gasteiger partial charge in [0, 0.05) is 31.9 Å². The summed E-state index contributed by atoms with van der Waals surface area (Å²) in [5.74, 6) is -1.04. The lowest BCUT2D eigenvalue weighted by atomic mass is 10.2. The summed E-state index contributed by atoms with van der Waals surface area (Å²) >= 11 is 1.39. The molecule has 1 N–H and O–H groups in total. The van der Waals surface area contributed by atoms with Gasteiger partial charge in [-0.05, 0) is 50.4 Å². The first-order valence-corrected chi connectivity index (χ1v) is 11.4. The van der Waals surface area contributed by atoms with Crippen molar-refractivity contribution in [1.29, 1.82) is 0 Å². The molecule has 2 heterocycles. The van der Waals surface area contributed by atoms with Crippen LogP contribution in [0, 0.1) is 0 Å². The van der Waals surface area contributed by atoms with Crippen molar-refractivity contribution in [3.8, 4) is 0 Å². The van der Waals surface area contributed by atoms with Gasteiger partial charge < -0.3 is 19.3 Å². The van der Waals surface area contributed by atoms with Crippen LogP contribution in [0.3, 0.4) is 0 Å². The Balaban J connectivity index is 1.46. The Morgan fingerprint density at radius 1 is 1.00 bits per heavy atom. The number of benzene rings is 1. The van der Waals surface area contributed by atoms with Crippen molar-refractivity contribution >= 4 is 40.9 Å². The molecule has 1 fully saturated rings. The molecule has 3 rings (SSSR count). The van der Waals surface area contributed by atoms with Gasteiger partial charge in [0.1, 0.15) is 5.60 Å². The van der Waals surface area contributed by atoms with E-state index in [4.69, 9.17) is 9.47 Å². The molecular weight excluding hydrogens is 446 g/mol. The highest BCUT2D eigenvalue weighted by Crippen LogP contribution is 2.16. The van der Waals surface area contributed by atoms with E-state index in [1.807, 2.05) is 11.4 Å². The van der Waals surface area contributed by atoms with Gasteiger partial charge in [-0.3, -0.25) is 14.9 Å². The number of piperazine rings is 1. The lowest BCUT2D eigenvalue weighted by Gasteiger charge is -2.34. The van der Waals surface area contributed by atoms with E-state index in [0.29, 0.717) is 36.7 Å². The second kappa shape index (κ2) is 10.5. The minimum absolute atomic E-state index is 0.0385. The number of rotatable bonds is 5. The summed E-state index contributed by atoms with van der Waals surface area (Å²) in [5, 5.41) is 4.41. The van der Waals surface area contributed by atoms with Gasteiger partial charge in [-0.1, -0.05) is 12.1 Å². The van der Waals surface area contributed by atoms with Crippen LogP contribution in [-0.2, 0) is 14.3 Å². The minimum Gasteiger partial charge on any atom is -0.452 e. The van der Waals surface area contributed by atoms with Gasteiger partial charge in [0.15, 0.2) is 6.61 Å². The third-order valence-electron chi connectivity index (χ3n) is 4.72. The van der Waals surface area contributed by atoms with Crippen LogP contribution in [0.5, 0.6) is 0 Å². The zero-order chi connectivity index (χ0) is 24.0. The maximum absolute atomic E-state index is 12.5. The van der Waals surface area contributed by atoms with Crippen LogP contribution < -0.4 is 5.32 Å². The van der Waals surface area contributed by atoms with Crippen molar-refractivity contribution < 1.29 is 28.7 Å². The maximum atomic E-state index is 12.5. The van der Waals surface area contributed by atoms with Crippen LogP contribution in [0.4, 0.5) is 10.5 Å². The van der Waals surface area contributed by atoms with Crippen molar-refractivity contribution in [2.45, 2.75) is 26.4 Å². The fraction of sp³-hybridized carbons (Fsp3) is 0.391. The van der Waals surface area contributed by atoms with Crippen molar-refractivity contribution in [3.63, 3.8) is 0 Å². The van der Waals surface area contributed by atoms with Gasteiger partial charge >= 0.3 is 12.1 Å². The van der Waals surface area contributed by atoms with E-state index in [9.17, 15) is 19.2 Å². The highest BCUT2D eigenvalue weighted by Gasteiger charge is 2.26. The molecule has 0 saturated carbocycles. The first-order chi connectivity index (χ1) is 15.6. The molecule has 10 heteroatoms. The maximum Gasteiger partial charge on any atom is 0.412 e. The topological polar surface area (TPSA) is 105 Å². The Kier molecular flexibility index (Phi) is 7.70. The molecular formula is C23H27N3O6S. The smallest absolute Gasteiger partial charge is 0.412 e. The molecule has 2 aromatic rings. The Bertz CT molecular complexity index is 1010. The quantitative estimate of drug-likeness (QED) is 0.669. The monoisotopic (exact) mass is 473 g/mol. The number of anilines is 1. The third-order valence-corrected chi connectivity index (χ3v) is 5.58. The Labute approximate surface area is 196 Å². The molecule has 0 spiro atoms.